The summed E-state index contributed by atoms with van der Waals surface area (Å²) in [6.45, 7) is 19.3. The zero-order valence-corrected chi connectivity index (χ0v) is 31.1. The molecule has 0 saturated carbocycles. The Balaban J connectivity index is 1.37. The second-order valence-corrected chi connectivity index (χ2v) is 21.0. The van der Waals surface area contributed by atoms with Crippen LogP contribution in [0.15, 0.2) is 85.5 Å². The average molecular weight is 675 g/mol. The van der Waals surface area contributed by atoms with Crippen LogP contribution in [0.3, 0.4) is 0 Å². The molecule has 0 spiro atoms. The van der Waals surface area contributed by atoms with Crippen LogP contribution in [0.1, 0.15) is 68.8 Å². The minimum Gasteiger partial charge on any atom is -0.461 e. The fourth-order valence-electron chi connectivity index (χ4n) is 6.12. The van der Waals surface area contributed by atoms with Gasteiger partial charge in [-0.15, -0.1) is 6.58 Å². The van der Waals surface area contributed by atoms with Gasteiger partial charge in [-0.05, 0) is 60.2 Å². The lowest BCUT2D eigenvalue weighted by Crippen LogP contribution is -2.43. The largest absolute Gasteiger partial charge is 0.461 e. The molecule has 0 radical (unpaired) electrons. The molecule has 1 aliphatic rings. The topological polar surface area (TPSA) is 63.2 Å². The molecule has 1 fully saturated rings. The molecule has 4 rings (SSSR count). The van der Waals surface area contributed by atoms with Gasteiger partial charge in [0.05, 0.1) is 43.2 Å². The number of benzene rings is 3. The first-order valence-corrected chi connectivity index (χ1v) is 21.4. The summed E-state index contributed by atoms with van der Waals surface area (Å²) < 4.78 is 31.6. The lowest BCUT2D eigenvalue weighted by Gasteiger charge is -2.40. The second-order valence-electron chi connectivity index (χ2n) is 15.3. The number of hydrogen-bond acceptors (Lipinski definition) is 6. The van der Waals surface area contributed by atoms with Crippen LogP contribution < -0.4 is 0 Å². The Labute approximate surface area is 290 Å². The van der Waals surface area contributed by atoms with E-state index in [1.165, 1.54) is 0 Å². The van der Waals surface area contributed by atoms with Crippen LogP contribution >= 0.6 is 0 Å². The third-order valence-electron chi connectivity index (χ3n) is 9.45. The van der Waals surface area contributed by atoms with Crippen LogP contribution in [-0.2, 0) is 30.3 Å². The highest BCUT2D eigenvalue weighted by atomic mass is 28.3. The van der Waals surface area contributed by atoms with Gasteiger partial charge in [0.25, 0.3) is 0 Å². The third kappa shape index (κ3) is 12.3. The first kappa shape index (κ1) is 38.0. The molecule has 0 aliphatic carbocycles. The minimum atomic E-state index is -1.19. The normalized spacial score (nSPS) is 19.0. The summed E-state index contributed by atoms with van der Waals surface area (Å²) in [5.74, 6) is -0.148. The SMILES string of the molecule is C=C[C@H](C)[C@@H](C[C@H](C[C@@H]1CCC[C@H](C(C)(C)COC(=O)c2ccc3ccccc3c2)O1)OCOCC[Si](C)(C)C)OCc1ccccc1. The summed E-state index contributed by atoms with van der Waals surface area (Å²) in [7, 11) is -1.19. The molecule has 0 unspecified atom stereocenters. The molecule has 5 atom stereocenters. The molecule has 1 heterocycles. The molecule has 3 aromatic carbocycles. The van der Waals surface area contributed by atoms with Crippen LogP contribution in [0.2, 0.25) is 25.7 Å². The summed E-state index contributed by atoms with van der Waals surface area (Å²) in [6, 6.07) is 25.1. The van der Waals surface area contributed by atoms with Crippen molar-refractivity contribution < 1.29 is 28.5 Å². The van der Waals surface area contributed by atoms with Crippen LogP contribution in [0.5, 0.6) is 0 Å². The van der Waals surface area contributed by atoms with Gasteiger partial charge in [-0.2, -0.15) is 0 Å². The molecule has 1 aliphatic heterocycles. The van der Waals surface area contributed by atoms with Crippen molar-refractivity contribution in [3.8, 4) is 0 Å². The molecule has 3 aromatic rings. The van der Waals surface area contributed by atoms with E-state index in [0.29, 0.717) is 25.2 Å². The molecule has 0 aromatic heterocycles. The van der Waals surface area contributed by atoms with Gasteiger partial charge in [0.2, 0.25) is 0 Å². The van der Waals surface area contributed by atoms with E-state index >= 15 is 0 Å². The van der Waals surface area contributed by atoms with E-state index in [0.717, 1.165) is 48.1 Å². The van der Waals surface area contributed by atoms with Crippen molar-refractivity contribution in [2.75, 3.05) is 20.0 Å². The summed E-state index contributed by atoms with van der Waals surface area (Å²) in [5, 5.41) is 2.13. The number of esters is 1. The van der Waals surface area contributed by atoms with E-state index < -0.39 is 8.07 Å². The van der Waals surface area contributed by atoms with Gasteiger partial charge in [0.15, 0.2) is 0 Å². The monoisotopic (exact) mass is 674 g/mol. The van der Waals surface area contributed by atoms with E-state index in [2.05, 4.69) is 59.1 Å². The van der Waals surface area contributed by atoms with E-state index in [4.69, 9.17) is 23.7 Å². The van der Waals surface area contributed by atoms with Gasteiger partial charge in [-0.25, -0.2) is 4.79 Å². The fraction of sp³-hybridized carbons (Fsp3) is 0.537. The number of ether oxygens (including phenoxy) is 5. The van der Waals surface area contributed by atoms with Crippen molar-refractivity contribution in [1.82, 2.24) is 0 Å². The van der Waals surface area contributed by atoms with Crippen molar-refractivity contribution in [3.63, 3.8) is 0 Å². The summed E-state index contributed by atoms with van der Waals surface area (Å²) in [5.41, 5.74) is 1.37. The van der Waals surface area contributed by atoms with E-state index in [-0.39, 0.29) is 55.1 Å². The second kappa shape index (κ2) is 18.3. The van der Waals surface area contributed by atoms with Gasteiger partial charge in [0, 0.05) is 32.4 Å². The molecule has 1 saturated heterocycles. The van der Waals surface area contributed by atoms with Crippen molar-refractivity contribution in [1.29, 1.82) is 0 Å². The Kier molecular flexibility index (Phi) is 14.5. The lowest BCUT2D eigenvalue weighted by atomic mass is 9.82. The van der Waals surface area contributed by atoms with Crippen LogP contribution in [-0.4, -0.2) is 58.5 Å². The van der Waals surface area contributed by atoms with Crippen molar-refractivity contribution in [3.05, 3.63) is 96.6 Å². The number of carbonyl (C=O) groups is 1. The highest BCUT2D eigenvalue weighted by molar-refractivity contribution is 6.76. The Hall–Kier alpha value is -2.81. The first-order valence-electron chi connectivity index (χ1n) is 17.7. The number of carbonyl (C=O) groups excluding carboxylic acids is 1. The average Bonchev–Trinajstić information content (AvgIpc) is 3.08. The van der Waals surface area contributed by atoms with Crippen LogP contribution in [0.25, 0.3) is 10.8 Å². The smallest absolute Gasteiger partial charge is 0.338 e. The van der Waals surface area contributed by atoms with Crippen molar-refractivity contribution in [2.24, 2.45) is 11.3 Å². The molecular weight excluding hydrogens is 617 g/mol. The molecule has 262 valence electrons. The molecule has 0 N–H and O–H groups in total. The minimum absolute atomic E-state index is 0.0278. The van der Waals surface area contributed by atoms with Gasteiger partial charge in [0.1, 0.15) is 6.79 Å². The quantitative estimate of drug-likeness (QED) is 0.0415. The van der Waals surface area contributed by atoms with Crippen molar-refractivity contribution >= 4 is 24.8 Å². The summed E-state index contributed by atoms with van der Waals surface area (Å²) in [4.78, 5) is 13.0. The summed E-state index contributed by atoms with van der Waals surface area (Å²) in [6.07, 6.45) is 6.21. The molecule has 6 nitrogen and oxygen atoms in total. The predicted molar refractivity (Wildman–Crippen MR) is 198 cm³/mol. The zero-order valence-electron chi connectivity index (χ0n) is 30.1. The maximum absolute atomic E-state index is 13.0. The maximum Gasteiger partial charge on any atom is 0.338 e. The van der Waals surface area contributed by atoms with Gasteiger partial charge in [-0.1, -0.05) is 107 Å². The highest BCUT2D eigenvalue weighted by Gasteiger charge is 2.37. The van der Waals surface area contributed by atoms with Crippen LogP contribution in [0.4, 0.5) is 0 Å². The van der Waals surface area contributed by atoms with Gasteiger partial charge < -0.3 is 23.7 Å². The number of rotatable bonds is 19. The van der Waals surface area contributed by atoms with E-state index in [1.807, 2.05) is 66.7 Å². The standard InChI is InChI=1S/C41H58O6Si/c1-8-31(2)38(44-28-32-15-10-9-11-16-32)27-37(46-30-43-23-24-48(5,6)7)26-36-19-14-20-39(47-36)41(3,4)29-45-40(42)35-22-21-33-17-12-13-18-34(33)25-35/h8-13,15-18,21-22,25,31,36-39H,1,14,19-20,23-24,26-30H2,2-7H3/t31-,36-,37-,38+,39+/m0/s1. The Bertz CT molecular complexity index is 1420. The van der Waals surface area contributed by atoms with E-state index in [1.54, 1.807) is 0 Å². The van der Waals surface area contributed by atoms with Crippen LogP contribution in [0, 0.1) is 11.3 Å². The third-order valence-corrected chi connectivity index (χ3v) is 11.2. The molecular formula is C41H58O6Si. The number of fused-ring (bicyclic) bond motifs is 1. The van der Waals surface area contributed by atoms with Gasteiger partial charge in [-0.3, -0.25) is 0 Å². The zero-order chi connectivity index (χ0) is 34.6. The number of hydrogen-bond donors (Lipinski definition) is 0. The lowest BCUT2D eigenvalue weighted by molar-refractivity contribution is -0.152. The predicted octanol–water partition coefficient (Wildman–Crippen LogP) is 9.85. The molecule has 7 heteroatoms. The Morgan fingerprint density at radius 2 is 1.73 bits per heavy atom. The van der Waals surface area contributed by atoms with Gasteiger partial charge >= 0.3 is 5.97 Å². The molecule has 48 heavy (non-hydrogen) atoms. The molecule has 0 amide bonds. The van der Waals surface area contributed by atoms with E-state index in [9.17, 15) is 4.79 Å². The fourth-order valence-corrected chi connectivity index (χ4v) is 6.88. The molecule has 0 bridgehead atoms. The highest BCUT2D eigenvalue weighted by Crippen LogP contribution is 2.35. The Morgan fingerprint density at radius 1 is 1.00 bits per heavy atom. The maximum atomic E-state index is 13.0. The first-order chi connectivity index (χ1) is 22.9. The Morgan fingerprint density at radius 3 is 2.46 bits per heavy atom. The van der Waals surface area contributed by atoms with Crippen molar-refractivity contribution in [2.45, 2.75) is 110 Å². The summed E-state index contributed by atoms with van der Waals surface area (Å²) >= 11 is 0.